The Balaban J connectivity index is 2.20. The number of aromatic nitrogens is 1. The second-order valence-electron chi connectivity index (χ2n) is 5.17. The van der Waals surface area contributed by atoms with Gasteiger partial charge in [-0.25, -0.2) is 9.78 Å². The van der Waals surface area contributed by atoms with E-state index in [0.717, 1.165) is 18.1 Å². The van der Waals surface area contributed by atoms with E-state index >= 15 is 0 Å². The highest BCUT2D eigenvalue weighted by Gasteiger charge is 2.18. The van der Waals surface area contributed by atoms with Crippen LogP contribution in [0.15, 0.2) is 24.3 Å². The fourth-order valence-electron chi connectivity index (χ4n) is 2.23. The van der Waals surface area contributed by atoms with E-state index < -0.39 is 5.97 Å². The zero-order valence-corrected chi connectivity index (χ0v) is 13.4. The number of hydrogen-bond acceptors (Lipinski definition) is 4. The third-order valence-corrected chi connectivity index (χ3v) is 4.40. The molecule has 0 aliphatic carbocycles. The first-order valence-electron chi connectivity index (χ1n) is 7.01. The van der Waals surface area contributed by atoms with Crippen molar-refractivity contribution in [1.29, 1.82) is 0 Å². The van der Waals surface area contributed by atoms with E-state index in [4.69, 9.17) is 0 Å². The van der Waals surface area contributed by atoms with Gasteiger partial charge >= 0.3 is 5.97 Å². The predicted octanol–water partition coefficient (Wildman–Crippen LogP) is 3.74. The van der Waals surface area contributed by atoms with E-state index in [2.05, 4.69) is 30.1 Å². The summed E-state index contributed by atoms with van der Waals surface area (Å²) in [4.78, 5) is 18.2. The van der Waals surface area contributed by atoms with Crippen molar-refractivity contribution in [2.75, 3.05) is 11.9 Å². The molecule has 1 heterocycles. The highest BCUT2D eigenvalue weighted by Crippen LogP contribution is 2.27. The summed E-state index contributed by atoms with van der Waals surface area (Å²) in [5.74, 6) is -0.883. The maximum atomic E-state index is 11.3. The van der Waals surface area contributed by atoms with Gasteiger partial charge in [-0.1, -0.05) is 54.5 Å². The highest BCUT2D eigenvalue weighted by atomic mass is 32.1. The Labute approximate surface area is 129 Å². The van der Waals surface area contributed by atoms with Crippen LogP contribution < -0.4 is 4.90 Å². The van der Waals surface area contributed by atoms with Crippen molar-refractivity contribution in [1.82, 2.24) is 4.98 Å². The minimum atomic E-state index is -0.883. The molecule has 112 valence electrons. The number of hydrogen-bond donors (Lipinski definition) is 1. The molecule has 2 rings (SSSR count). The molecule has 0 amide bonds. The van der Waals surface area contributed by atoms with Crippen LogP contribution >= 0.6 is 11.3 Å². The quantitative estimate of drug-likeness (QED) is 0.883. The molecule has 1 N–H and O–H groups in total. The molecule has 1 aromatic carbocycles. The molecule has 0 fully saturated rings. The summed E-state index contributed by atoms with van der Waals surface area (Å²) in [6.45, 7) is 4.82. The van der Waals surface area contributed by atoms with Gasteiger partial charge in [0.25, 0.3) is 0 Å². The molecule has 0 atom stereocenters. The Kier molecular flexibility index (Phi) is 4.96. The summed E-state index contributed by atoms with van der Waals surface area (Å²) in [5, 5.41) is 10.0. The molecular formula is C16H20N2O2S. The SMILES string of the molecule is CCCc1nc(N(C)Cc2cccc(C)c2)sc1C(=O)O. The largest absolute Gasteiger partial charge is 0.477 e. The first-order valence-corrected chi connectivity index (χ1v) is 7.82. The summed E-state index contributed by atoms with van der Waals surface area (Å²) in [7, 11) is 1.95. The lowest BCUT2D eigenvalue weighted by Gasteiger charge is -2.16. The average Bonchev–Trinajstić information content (AvgIpc) is 2.83. The first kappa shape index (κ1) is 15.5. The van der Waals surface area contributed by atoms with E-state index in [0.29, 0.717) is 17.0 Å². The van der Waals surface area contributed by atoms with Crippen LogP contribution in [0.2, 0.25) is 0 Å². The Hall–Kier alpha value is -1.88. The van der Waals surface area contributed by atoms with Gasteiger partial charge in [-0.2, -0.15) is 0 Å². The van der Waals surface area contributed by atoms with Gasteiger partial charge in [0, 0.05) is 13.6 Å². The number of carboxylic acids is 1. The van der Waals surface area contributed by atoms with E-state index in [1.54, 1.807) is 0 Å². The maximum absolute atomic E-state index is 11.3. The van der Waals surface area contributed by atoms with E-state index in [9.17, 15) is 9.90 Å². The van der Waals surface area contributed by atoms with E-state index in [1.807, 2.05) is 24.9 Å². The molecule has 5 heteroatoms. The number of carboxylic acid groups (broad SMARTS) is 1. The number of aryl methyl sites for hydroxylation is 2. The third kappa shape index (κ3) is 3.82. The van der Waals surface area contributed by atoms with Gasteiger partial charge in [0.2, 0.25) is 0 Å². The molecule has 0 spiro atoms. The Morgan fingerprint density at radius 3 is 2.81 bits per heavy atom. The number of rotatable bonds is 6. The minimum Gasteiger partial charge on any atom is -0.477 e. The maximum Gasteiger partial charge on any atom is 0.347 e. The number of anilines is 1. The summed E-state index contributed by atoms with van der Waals surface area (Å²) >= 11 is 1.25. The van der Waals surface area contributed by atoms with Crippen molar-refractivity contribution in [3.8, 4) is 0 Å². The summed E-state index contributed by atoms with van der Waals surface area (Å²) in [6.07, 6.45) is 1.60. The second kappa shape index (κ2) is 6.72. The standard InChI is InChI=1S/C16H20N2O2S/c1-4-6-13-14(15(19)20)21-16(17-13)18(3)10-12-8-5-7-11(2)9-12/h5,7-9H,4,6,10H2,1-3H3,(H,19,20). The molecule has 0 aliphatic rings. The number of benzene rings is 1. The van der Waals surface area contributed by atoms with Crippen LogP contribution in [0, 0.1) is 6.92 Å². The number of nitrogens with zero attached hydrogens (tertiary/aromatic N) is 2. The van der Waals surface area contributed by atoms with Crippen LogP contribution in [0.1, 0.15) is 39.8 Å². The van der Waals surface area contributed by atoms with Crippen molar-refractivity contribution in [2.45, 2.75) is 33.2 Å². The van der Waals surface area contributed by atoms with Crippen LogP contribution in [-0.4, -0.2) is 23.1 Å². The van der Waals surface area contributed by atoms with Gasteiger partial charge in [-0.3, -0.25) is 0 Å². The molecule has 0 saturated heterocycles. The predicted molar refractivity (Wildman–Crippen MR) is 86.4 cm³/mol. The zero-order chi connectivity index (χ0) is 15.4. The van der Waals surface area contributed by atoms with Crippen molar-refractivity contribution in [2.24, 2.45) is 0 Å². The molecule has 0 saturated carbocycles. The van der Waals surface area contributed by atoms with Crippen molar-refractivity contribution in [3.63, 3.8) is 0 Å². The summed E-state index contributed by atoms with van der Waals surface area (Å²) < 4.78 is 0. The van der Waals surface area contributed by atoms with Gasteiger partial charge in [0.1, 0.15) is 4.88 Å². The van der Waals surface area contributed by atoms with E-state index in [-0.39, 0.29) is 0 Å². The third-order valence-electron chi connectivity index (χ3n) is 3.20. The molecule has 21 heavy (non-hydrogen) atoms. The molecule has 0 bridgehead atoms. The fraction of sp³-hybridized carbons (Fsp3) is 0.375. The van der Waals surface area contributed by atoms with Crippen LogP contribution in [0.3, 0.4) is 0 Å². The second-order valence-corrected chi connectivity index (χ2v) is 6.15. The van der Waals surface area contributed by atoms with Crippen molar-refractivity contribution in [3.05, 3.63) is 46.0 Å². The molecule has 0 radical (unpaired) electrons. The normalized spacial score (nSPS) is 10.6. The Morgan fingerprint density at radius 2 is 2.19 bits per heavy atom. The number of carbonyl (C=O) groups is 1. The Bertz CT molecular complexity index is 637. The van der Waals surface area contributed by atoms with Gasteiger partial charge < -0.3 is 10.0 Å². The van der Waals surface area contributed by atoms with E-state index in [1.165, 1.54) is 22.5 Å². The molecule has 4 nitrogen and oxygen atoms in total. The van der Waals surface area contributed by atoms with Gasteiger partial charge in [0.15, 0.2) is 5.13 Å². The molecule has 1 aromatic heterocycles. The van der Waals surface area contributed by atoms with Gasteiger partial charge in [-0.15, -0.1) is 0 Å². The highest BCUT2D eigenvalue weighted by molar-refractivity contribution is 7.17. The zero-order valence-electron chi connectivity index (χ0n) is 12.6. The van der Waals surface area contributed by atoms with Gasteiger partial charge in [0.05, 0.1) is 5.69 Å². The minimum absolute atomic E-state index is 0.364. The van der Waals surface area contributed by atoms with Crippen molar-refractivity contribution < 1.29 is 9.90 Å². The van der Waals surface area contributed by atoms with Crippen LogP contribution in [0.25, 0.3) is 0 Å². The fourth-order valence-corrected chi connectivity index (χ4v) is 3.14. The van der Waals surface area contributed by atoms with Crippen molar-refractivity contribution >= 4 is 22.4 Å². The van der Waals surface area contributed by atoms with Crippen LogP contribution in [0.5, 0.6) is 0 Å². The molecule has 0 unspecified atom stereocenters. The monoisotopic (exact) mass is 304 g/mol. The first-order chi connectivity index (χ1) is 10.0. The Morgan fingerprint density at radius 1 is 1.43 bits per heavy atom. The lowest BCUT2D eigenvalue weighted by atomic mass is 10.1. The lowest BCUT2D eigenvalue weighted by Crippen LogP contribution is -2.16. The number of aromatic carboxylic acids is 1. The number of thiazole rings is 1. The van der Waals surface area contributed by atoms with Crippen LogP contribution in [0.4, 0.5) is 5.13 Å². The van der Waals surface area contributed by atoms with Crippen LogP contribution in [-0.2, 0) is 13.0 Å². The topological polar surface area (TPSA) is 53.4 Å². The smallest absolute Gasteiger partial charge is 0.347 e. The van der Waals surface area contributed by atoms with Gasteiger partial charge in [-0.05, 0) is 18.9 Å². The molecular weight excluding hydrogens is 284 g/mol. The average molecular weight is 304 g/mol. The summed E-state index contributed by atoms with van der Waals surface area (Å²) in [5.41, 5.74) is 3.11. The molecule has 2 aromatic rings. The summed E-state index contributed by atoms with van der Waals surface area (Å²) in [6, 6.07) is 8.30. The molecule has 0 aliphatic heterocycles. The lowest BCUT2D eigenvalue weighted by molar-refractivity contribution is 0.0700.